The summed E-state index contributed by atoms with van der Waals surface area (Å²) < 4.78 is 24.9. The Morgan fingerprint density at radius 2 is 1.78 bits per heavy atom. The van der Waals surface area contributed by atoms with Gasteiger partial charge in [-0.15, -0.1) is 0 Å². The van der Waals surface area contributed by atoms with E-state index in [2.05, 4.69) is 43.0 Å². The zero-order chi connectivity index (χ0) is 19.4. The fourth-order valence-corrected chi connectivity index (χ4v) is 4.79. The number of piperidine rings is 2. The number of likely N-dealkylation sites (tertiary alicyclic amines) is 1. The Morgan fingerprint density at radius 1 is 1.07 bits per heavy atom. The lowest BCUT2D eigenvalue weighted by molar-refractivity contribution is -0.126. The zero-order valence-corrected chi connectivity index (χ0v) is 17.0. The van der Waals surface area contributed by atoms with Crippen LogP contribution in [0.1, 0.15) is 42.7 Å². The van der Waals surface area contributed by atoms with Gasteiger partial charge in [0.2, 0.25) is 10.0 Å². The van der Waals surface area contributed by atoms with Crippen LogP contribution in [0.5, 0.6) is 0 Å². The lowest BCUT2D eigenvalue weighted by Gasteiger charge is -2.32. The first kappa shape index (κ1) is 19.9. The van der Waals surface area contributed by atoms with Crippen LogP contribution in [-0.2, 0) is 14.8 Å². The average Bonchev–Trinajstić information content (AvgIpc) is 2.66. The van der Waals surface area contributed by atoms with E-state index in [0.29, 0.717) is 25.6 Å². The number of aryl methyl sites for hydroxylation is 1. The Morgan fingerprint density at radius 3 is 2.48 bits per heavy atom. The zero-order valence-electron chi connectivity index (χ0n) is 16.1. The van der Waals surface area contributed by atoms with Crippen LogP contribution in [-0.4, -0.2) is 56.0 Å². The number of carbonyl (C=O) groups is 1. The smallest absolute Gasteiger partial charge is 0.298 e. The van der Waals surface area contributed by atoms with Gasteiger partial charge in [-0.3, -0.25) is 4.79 Å². The summed E-state index contributed by atoms with van der Waals surface area (Å²) in [6.07, 6.45) is 4.94. The number of benzene rings is 1. The van der Waals surface area contributed by atoms with Gasteiger partial charge in [0.05, 0.1) is 6.26 Å². The fraction of sp³-hybridized carbons (Fsp3) is 0.571. The maximum Gasteiger partial charge on any atom is 0.298 e. The van der Waals surface area contributed by atoms with Crippen molar-refractivity contribution in [2.45, 2.75) is 38.5 Å². The summed E-state index contributed by atoms with van der Waals surface area (Å²) in [5, 5.41) is 0. The van der Waals surface area contributed by atoms with Gasteiger partial charge in [0.15, 0.2) is 0 Å². The van der Waals surface area contributed by atoms with Crippen molar-refractivity contribution in [1.82, 2.24) is 9.21 Å². The van der Waals surface area contributed by atoms with Crippen molar-refractivity contribution in [2.24, 2.45) is 5.92 Å². The molecular weight excluding hydrogens is 360 g/mol. The summed E-state index contributed by atoms with van der Waals surface area (Å²) in [5.41, 5.74) is 2.52. The maximum absolute atomic E-state index is 12.6. The van der Waals surface area contributed by atoms with E-state index in [1.807, 2.05) is 4.90 Å². The summed E-state index contributed by atoms with van der Waals surface area (Å²) in [6, 6.07) is 8.54. The Kier molecular flexibility index (Phi) is 6.23. The van der Waals surface area contributed by atoms with Crippen LogP contribution < -0.4 is 0 Å². The molecule has 1 aromatic rings. The number of amides is 1. The first-order valence-corrected chi connectivity index (χ1v) is 11.5. The Bertz CT molecular complexity index is 836. The minimum Gasteiger partial charge on any atom is -0.331 e. The summed E-state index contributed by atoms with van der Waals surface area (Å²) >= 11 is 0. The van der Waals surface area contributed by atoms with Crippen LogP contribution in [0, 0.1) is 24.7 Å². The second-order valence-corrected chi connectivity index (χ2v) is 9.71. The summed E-state index contributed by atoms with van der Waals surface area (Å²) in [7, 11) is -3.19. The molecule has 0 aliphatic carbocycles. The molecule has 27 heavy (non-hydrogen) atoms. The molecule has 0 radical (unpaired) electrons. The SMILES string of the molecule is Cc1ccc(C2CCCN(C(=O)C#CC3CCCN(S(C)(=O)=O)C3)C2)cc1. The molecule has 1 aromatic carbocycles. The highest BCUT2D eigenvalue weighted by Crippen LogP contribution is 2.27. The van der Waals surface area contributed by atoms with Gasteiger partial charge in [-0.25, -0.2) is 12.7 Å². The predicted octanol–water partition coefficient (Wildman–Crippen LogP) is 2.38. The highest BCUT2D eigenvalue weighted by atomic mass is 32.2. The standard InChI is InChI=1S/C21H28N2O3S/c1-17-7-10-19(11-8-17)20-6-4-13-22(16-20)21(24)12-9-18-5-3-14-23(15-18)27(2,25)26/h7-8,10-11,18,20H,3-6,13-16H2,1-2H3. The molecule has 0 N–H and O–H groups in total. The third-order valence-corrected chi connectivity index (χ3v) is 6.76. The molecule has 3 rings (SSSR count). The fourth-order valence-electron chi connectivity index (χ4n) is 3.88. The Balaban J connectivity index is 1.61. The quantitative estimate of drug-likeness (QED) is 0.731. The molecule has 146 valence electrons. The lowest BCUT2D eigenvalue weighted by atomic mass is 9.90. The van der Waals surface area contributed by atoms with Crippen molar-refractivity contribution in [2.75, 3.05) is 32.4 Å². The molecule has 0 saturated carbocycles. The Labute approximate surface area is 162 Å². The van der Waals surface area contributed by atoms with Gasteiger partial charge < -0.3 is 4.90 Å². The Hall–Kier alpha value is -1.84. The van der Waals surface area contributed by atoms with Gasteiger partial charge in [-0.05, 0) is 44.1 Å². The molecule has 5 nitrogen and oxygen atoms in total. The summed E-state index contributed by atoms with van der Waals surface area (Å²) in [4.78, 5) is 14.4. The second kappa shape index (κ2) is 8.45. The minimum atomic E-state index is -3.19. The number of nitrogens with zero attached hydrogens (tertiary/aromatic N) is 2. The summed E-state index contributed by atoms with van der Waals surface area (Å²) in [6.45, 7) is 4.47. The van der Waals surface area contributed by atoms with Crippen molar-refractivity contribution >= 4 is 15.9 Å². The molecule has 6 heteroatoms. The molecule has 2 aliphatic rings. The number of hydrogen-bond donors (Lipinski definition) is 0. The number of sulfonamides is 1. The average molecular weight is 389 g/mol. The number of carbonyl (C=O) groups excluding carboxylic acids is 1. The third kappa shape index (κ3) is 5.33. The van der Waals surface area contributed by atoms with Crippen LogP contribution in [0.15, 0.2) is 24.3 Å². The van der Waals surface area contributed by atoms with E-state index < -0.39 is 10.0 Å². The largest absolute Gasteiger partial charge is 0.331 e. The van der Waals surface area contributed by atoms with Gasteiger partial charge in [-0.1, -0.05) is 35.7 Å². The van der Waals surface area contributed by atoms with Crippen LogP contribution in [0.25, 0.3) is 0 Å². The molecule has 1 amide bonds. The lowest BCUT2D eigenvalue weighted by Crippen LogP contribution is -2.39. The molecule has 2 unspecified atom stereocenters. The molecule has 0 aromatic heterocycles. The van der Waals surface area contributed by atoms with E-state index in [-0.39, 0.29) is 11.8 Å². The topological polar surface area (TPSA) is 57.7 Å². The predicted molar refractivity (Wildman–Crippen MR) is 107 cm³/mol. The monoisotopic (exact) mass is 388 g/mol. The number of hydrogen-bond acceptors (Lipinski definition) is 3. The second-order valence-electron chi connectivity index (χ2n) is 7.73. The highest BCUT2D eigenvalue weighted by Gasteiger charge is 2.26. The van der Waals surface area contributed by atoms with E-state index in [1.165, 1.54) is 21.7 Å². The maximum atomic E-state index is 12.6. The molecule has 0 bridgehead atoms. The normalized spacial score (nSPS) is 24.1. The molecule has 2 heterocycles. The van der Waals surface area contributed by atoms with Crippen LogP contribution in [0.2, 0.25) is 0 Å². The van der Waals surface area contributed by atoms with E-state index in [9.17, 15) is 13.2 Å². The molecule has 2 aliphatic heterocycles. The van der Waals surface area contributed by atoms with Crippen LogP contribution >= 0.6 is 0 Å². The van der Waals surface area contributed by atoms with Crippen LogP contribution in [0.3, 0.4) is 0 Å². The highest BCUT2D eigenvalue weighted by molar-refractivity contribution is 7.88. The molecule has 2 saturated heterocycles. The van der Waals surface area contributed by atoms with Crippen molar-refractivity contribution in [1.29, 1.82) is 0 Å². The van der Waals surface area contributed by atoms with Crippen molar-refractivity contribution in [3.63, 3.8) is 0 Å². The van der Waals surface area contributed by atoms with E-state index in [1.54, 1.807) is 0 Å². The molecule has 0 spiro atoms. The number of rotatable bonds is 2. The van der Waals surface area contributed by atoms with Crippen molar-refractivity contribution in [3.05, 3.63) is 35.4 Å². The minimum absolute atomic E-state index is 0.0601. The van der Waals surface area contributed by atoms with Crippen molar-refractivity contribution in [3.8, 4) is 11.8 Å². The first-order valence-electron chi connectivity index (χ1n) is 9.65. The summed E-state index contributed by atoms with van der Waals surface area (Å²) in [5.74, 6) is 5.99. The van der Waals surface area contributed by atoms with Crippen LogP contribution in [0.4, 0.5) is 0 Å². The van der Waals surface area contributed by atoms with Gasteiger partial charge in [-0.2, -0.15) is 0 Å². The first-order chi connectivity index (χ1) is 12.8. The van der Waals surface area contributed by atoms with Gasteiger partial charge >= 0.3 is 0 Å². The van der Waals surface area contributed by atoms with E-state index in [0.717, 1.165) is 32.2 Å². The van der Waals surface area contributed by atoms with E-state index >= 15 is 0 Å². The van der Waals surface area contributed by atoms with Gasteiger partial charge in [0.25, 0.3) is 5.91 Å². The molecule has 2 atom stereocenters. The van der Waals surface area contributed by atoms with Gasteiger partial charge in [0, 0.05) is 38.0 Å². The molecular formula is C21H28N2O3S. The third-order valence-electron chi connectivity index (χ3n) is 5.49. The molecule has 2 fully saturated rings. The van der Waals surface area contributed by atoms with Gasteiger partial charge in [0.1, 0.15) is 0 Å². The van der Waals surface area contributed by atoms with Crippen molar-refractivity contribution < 1.29 is 13.2 Å². The van der Waals surface area contributed by atoms with E-state index in [4.69, 9.17) is 0 Å².